The number of ether oxygens (including phenoxy) is 2. The number of hydrogen-bond acceptors (Lipinski definition) is 7. The van der Waals surface area contributed by atoms with E-state index in [9.17, 15) is 24.3 Å². The van der Waals surface area contributed by atoms with Crippen LogP contribution in [-0.4, -0.2) is 52.5 Å². The monoisotopic (exact) mass is 350 g/mol. The van der Waals surface area contributed by atoms with Gasteiger partial charge in [-0.2, -0.15) is 5.06 Å². The number of hydrogen-bond donors (Lipinski definition) is 2. The summed E-state index contributed by atoms with van der Waals surface area (Å²) in [5.41, 5.74) is -2.21. The number of cyclic esters (lactones) is 1. The molecule has 0 saturated carbocycles. The van der Waals surface area contributed by atoms with E-state index in [1.54, 1.807) is 30.3 Å². The molecule has 3 rings (SSSR count). The number of benzene rings is 1. The van der Waals surface area contributed by atoms with E-state index in [-0.39, 0.29) is 25.2 Å². The highest BCUT2D eigenvalue weighted by Crippen LogP contribution is 2.34. The predicted octanol–water partition coefficient (Wildman–Crippen LogP) is 0.0353. The molecule has 10 nitrogen and oxygen atoms in total. The van der Waals surface area contributed by atoms with E-state index in [1.807, 2.05) is 0 Å². The van der Waals surface area contributed by atoms with Crippen LogP contribution in [0.25, 0.3) is 0 Å². The van der Waals surface area contributed by atoms with Gasteiger partial charge in [0.2, 0.25) is 0 Å². The first kappa shape index (κ1) is 16.7. The number of nitrogens with zero attached hydrogens (tertiary/aromatic N) is 1. The number of carbonyl (C=O) groups is 4. The second-order valence-electron chi connectivity index (χ2n) is 5.39. The number of rotatable bonds is 4. The minimum Gasteiger partial charge on any atom is -0.477 e. The van der Waals surface area contributed by atoms with Gasteiger partial charge in [0.15, 0.2) is 0 Å². The van der Waals surface area contributed by atoms with Crippen molar-refractivity contribution in [3.8, 4) is 5.75 Å². The summed E-state index contributed by atoms with van der Waals surface area (Å²) in [7, 11) is 0. The Morgan fingerprint density at radius 3 is 2.60 bits per heavy atom. The summed E-state index contributed by atoms with van der Waals surface area (Å²) in [5, 5.41) is 12.1. The zero-order valence-electron chi connectivity index (χ0n) is 12.8. The molecule has 0 spiro atoms. The summed E-state index contributed by atoms with van der Waals surface area (Å²) in [6.45, 7) is -0.310. The van der Waals surface area contributed by atoms with Crippen LogP contribution in [0.2, 0.25) is 0 Å². The normalized spacial score (nSPS) is 25.6. The van der Waals surface area contributed by atoms with Crippen LogP contribution < -0.4 is 10.1 Å². The molecule has 2 atom stereocenters. The predicted molar refractivity (Wildman–Crippen MR) is 77.9 cm³/mol. The minimum absolute atomic E-state index is 0.159. The Labute approximate surface area is 141 Å². The number of hydroxylamine groups is 2. The lowest BCUT2D eigenvalue weighted by Crippen LogP contribution is -2.56. The molecule has 0 radical (unpaired) electrons. The van der Waals surface area contributed by atoms with Gasteiger partial charge in [-0.3, -0.25) is 14.4 Å². The number of carboxylic acids is 1. The lowest BCUT2D eigenvalue weighted by atomic mass is 10.1. The second-order valence-corrected chi connectivity index (χ2v) is 5.39. The fourth-order valence-electron chi connectivity index (χ4n) is 2.52. The van der Waals surface area contributed by atoms with Crippen molar-refractivity contribution in [2.24, 2.45) is 0 Å². The topological polar surface area (TPSA) is 131 Å². The Bertz CT molecular complexity index is 722. The van der Waals surface area contributed by atoms with Crippen LogP contribution in [0.3, 0.4) is 0 Å². The highest BCUT2D eigenvalue weighted by molar-refractivity contribution is 5.93. The molecule has 2 amide bonds. The first-order chi connectivity index (χ1) is 11.9. The number of amides is 2. The molecule has 1 aromatic rings. The quantitative estimate of drug-likeness (QED) is 0.727. The lowest BCUT2D eigenvalue weighted by Gasteiger charge is -2.30. The maximum Gasteiger partial charge on any atom is 0.413 e. The average molecular weight is 350 g/mol. The Morgan fingerprint density at radius 2 is 2.00 bits per heavy atom. The van der Waals surface area contributed by atoms with Gasteiger partial charge in [-0.15, -0.1) is 0 Å². The van der Waals surface area contributed by atoms with E-state index in [0.29, 0.717) is 5.06 Å². The molecule has 2 N–H and O–H groups in total. The van der Waals surface area contributed by atoms with E-state index in [2.05, 4.69) is 5.32 Å². The van der Waals surface area contributed by atoms with Crippen molar-refractivity contribution in [1.29, 1.82) is 0 Å². The molecule has 10 heteroatoms. The summed E-state index contributed by atoms with van der Waals surface area (Å²) in [5.74, 6) is -2.85. The van der Waals surface area contributed by atoms with Gasteiger partial charge in [-0.25, -0.2) is 9.59 Å². The highest BCUT2D eigenvalue weighted by Gasteiger charge is 2.59. The van der Waals surface area contributed by atoms with Crippen LogP contribution >= 0.6 is 0 Å². The zero-order valence-corrected chi connectivity index (χ0v) is 12.8. The molecule has 0 unspecified atom stereocenters. The molecule has 0 bridgehead atoms. The summed E-state index contributed by atoms with van der Waals surface area (Å²) in [4.78, 5) is 52.1. The number of carboxylic acid groups (broad SMARTS) is 1. The van der Waals surface area contributed by atoms with Crippen LogP contribution in [0.4, 0.5) is 4.79 Å². The van der Waals surface area contributed by atoms with Crippen molar-refractivity contribution >= 4 is 23.9 Å². The van der Waals surface area contributed by atoms with Gasteiger partial charge in [0, 0.05) is 6.42 Å². The largest absolute Gasteiger partial charge is 0.477 e. The summed E-state index contributed by atoms with van der Waals surface area (Å²) >= 11 is 0. The molecule has 2 aliphatic heterocycles. The van der Waals surface area contributed by atoms with Crippen LogP contribution in [-0.2, 0) is 24.0 Å². The second kappa shape index (κ2) is 6.40. The van der Waals surface area contributed by atoms with E-state index >= 15 is 0 Å². The molecule has 132 valence electrons. The molecule has 2 fully saturated rings. The first-order valence-electron chi connectivity index (χ1n) is 7.38. The maximum absolute atomic E-state index is 12.4. The zero-order chi connectivity index (χ0) is 18.0. The van der Waals surface area contributed by atoms with Crippen LogP contribution in [0.1, 0.15) is 12.8 Å². The number of nitrogens with one attached hydrogen (secondary N) is 1. The third-order valence-corrected chi connectivity index (χ3v) is 3.73. The van der Waals surface area contributed by atoms with Crippen LogP contribution in [0, 0.1) is 0 Å². The molecule has 0 aliphatic carbocycles. The maximum atomic E-state index is 12.4. The Morgan fingerprint density at radius 1 is 1.28 bits per heavy atom. The molecule has 2 heterocycles. The van der Waals surface area contributed by atoms with Crippen molar-refractivity contribution in [3.05, 3.63) is 30.3 Å². The summed E-state index contributed by atoms with van der Waals surface area (Å²) < 4.78 is 9.81. The fourth-order valence-corrected chi connectivity index (χ4v) is 2.52. The number of aliphatic carboxylic acids is 1. The van der Waals surface area contributed by atoms with Gasteiger partial charge in [0.1, 0.15) is 18.4 Å². The Kier molecular flexibility index (Phi) is 4.28. The summed E-state index contributed by atoms with van der Waals surface area (Å²) in [6, 6.07) is 7.02. The molecular weight excluding hydrogens is 336 g/mol. The highest BCUT2D eigenvalue weighted by atomic mass is 16.7. The van der Waals surface area contributed by atoms with E-state index < -0.39 is 35.7 Å². The Balaban J connectivity index is 1.66. The molecule has 25 heavy (non-hydrogen) atoms. The number of carbonyl (C=O) groups excluding carboxylic acids is 3. The average Bonchev–Trinajstić information content (AvgIpc) is 3.13. The van der Waals surface area contributed by atoms with Gasteiger partial charge in [-0.1, -0.05) is 18.2 Å². The Hall–Kier alpha value is -3.14. The third kappa shape index (κ3) is 3.11. The lowest BCUT2D eigenvalue weighted by molar-refractivity contribution is -0.256. The third-order valence-electron chi connectivity index (χ3n) is 3.73. The molecule has 2 aliphatic rings. The fraction of sp³-hybridized carbons (Fsp3) is 0.333. The van der Waals surface area contributed by atoms with E-state index in [1.165, 1.54) is 0 Å². The SMILES string of the molecule is O=C1CC[C@](C(=O)O)(N2OC[C@H](NC(=O)Oc3ccccc3)C2=O)O1. The molecule has 2 saturated heterocycles. The van der Waals surface area contributed by atoms with E-state index in [0.717, 1.165) is 0 Å². The standard InChI is InChI=1S/C15H14N2O8/c18-11-6-7-15(25-11,13(20)21)17-12(19)10(8-23-17)16-14(22)24-9-4-2-1-3-5-9/h1-5,10H,6-8H2,(H,16,22)(H,20,21)/t10-,15-/m0/s1. The minimum atomic E-state index is -2.21. The number of esters is 1. The van der Waals surface area contributed by atoms with Crippen LogP contribution in [0.15, 0.2) is 30.3 Å². The first-order valence-corrected chi connectivity index (χ1v) is 7.38. The van der Waals surface area contributed by atoms with Crippen molar-refractivity contribution < 1.29 is 38.6 Å². The van der Waals surface area contributed by atoms with E-state index in [4.69, 9.17) is 14.3 Å². The number of para-hydroxylation sites is 1. The molecule has 0 aromatic heterocycles. The van der Waals surface area contributed by atoms with Crippen molar-refractivity contribution in [2.75, 3.05) is 6.61 Å². The van der Waals surface area contributed by atoms with Gasteiger partial charge >= 0.3 is 23.8 Å². The summed E-state index contributed by atoms with van der Waals surface area (Å²) in [6.07, 6.45) is -1.30. The van der Waals surface area contributed by atoms with Crippen molar-refractivity contribution in [2.45, 2.75) is 24.6 Å². The van der Waals surface area contributed by atoms with Gasteiger partial charge in [-0.05, 0) is 12.1 Å². The van der Waals surface area contributed by atoms with Crippen LogP contribution in [0.5, 0.6) is 5.75 Å². The molecule has 1 aromatic carbocycles. The van der Waals surface area contributed by atoms with Crippen molar-refractivity contribution in [1.82, 2.24) is 10.4 Å². The van der Waals surface area contributed by atoms with Gasteiger partial charge < -0.3 is 19.9 Å². The van der Waals surface area contributed by atoms with Crippen molar-refractivity contribution in [3.63, 3.8) is 0 Å². The van der Waals surface area contributed by atoms with Gasteiger partial charge in [0.05, 0.1) is 6.42 Å². The van der Waals surface area contributed by atoms with Gasteiger partial charge in [0.25, 0.3) is 5.91 Å². The molecular formula is C15H14N2O8. The smallest absolute Gasteiger partial charge is 0.413 e.